The van der Waals surface area contributed by atoms with Gasteiger partial charge in [0.15, 0.2) is 9.84 Å². The molecule has 6 heteroatoms. The van der Waals surface area contributed by atoms with E-state index in [1.807, 2.05) is 14.0 Å². The molecule has 5 nitrogen and oxygen atoms in total. The van der Waals surface area contributed by atoms with Crippen LogP contribution >= 0.6 is 0 Å². The summed E-state index contributed by atoms with van der Waals surface area (Å²) in [5, 5.41) is 12.6. The van der Waals surface area contributed by atoms with Gasteiger partial charge in [-0.15, -0.1) is 0 Å². The van der Waals surface area contributed by atoms with Crippen molar-refractivity contribution in [2.24, 2.45) is 0 Å². The standard InChI is InChI=1S/C15H29N3O2S/c1-4-9-17-15(2,13-16)8-5-6-10-18(3)14-7-11-21(19,20)12-14/h14,17H,4-12H2,1-3H3. The lowest BCUT2D eigenvalue weighted by Crippen LogP contribution is -2.41. The minimum atomic E-state index is -2.80. The molecule has 2 unspecified atom stereocenters. The molecule has 1 aliphatic rings. The van der Waals surface area contributed by atoms with Gasteiger partial charge in [-0.2, -0.15) is 5.26 Å². The van der Waals surface area contributed by atoms with Crippen LogP contribution in [0, 0.1) is 11.3 Å². The Balaban J connectivity index is 2.26. The second-order valence-corrected chi connectivity index (χ2v) is 8.59. The lowest BCUT2D eigenvalue weighted by atomic mass is 9.96. The molecule has 1 aliphatic heterocycles. The molecule has 0 saturated carbocycles. The summed E-state index contributed by atoms with van der Waals surface area (Å²) in [6.45, 7) is 5.81. The van der Waals surface area contributed by atoms with E-state index < -0.39 is 15.4 Å². The van der Waals surface area contributed by atoms with Crippen molar-refractivity contribution in [3.63, 3.8) is 0 Å². The number of unbranched alkanes of at least 4 members (excludes halogenated alkanes) is 1. The van der Waals surface area contributed by atoms with Crippen LogP contribution in [0.25, 0.3) is 0 Å². The molecular formula is C15H29N3O2S. The van der Waals surface area contributed by atoms with Gasteiger partial charge < -0.3 is 4.90 Å². The normalized spacial score (nSPS) is 23.9. The Morgan fingerprint density at radius 3 is 2.67 bits per heavy atom. The fourth-order valence-corrected chi connectivity index (χ4v) is 4.54. The van der Waals surface area contributed by atoms with E-state index in [1.54, 1.807) is 0 Å². The Labute approximate surface area is 129 Å². The Hall–Kier alpha value is -0.640. The maximum Gasteiger partial charge on any atom is 0.151 e. The molecule has 0 aromatic rings. The molecule has 21 heavy (non-hydrogen) atoms. The highest BCUT2D eigenvalue weighted by atomic mass is 32.2. The first-order valence-electron chi connectivity index (χ1n) is 7.89. The third-order valence-corrected chi connectivity index (χ3v) is 6.03. The summed E-state index contributed by atoms with van der Waals surface area (Å²) in [5.41, 5.74) is -0.439. The van der Waals surface area contributed by atoms with Crippen LogP contribution in [0.5, 0.6) is 0 Å². The van der Waals surface area contributed by atoms with Gasteiger partial charge in [0.1, 0.15) is 5.54 Å². The van der Waals surface area contributed by atoms with E-state index in [2.05, 4.69) is 23.2 Å². The number of rotatable bonds is 9. The highest BCUT2D eigenvalue weighted by Gasteiger charge is 2.30. The van der Waals surface area contributed by atoms with Crippen LogP contribution in [0.2, 0.25) is 0 Å². The summed E-state index contributed by atoms with van der Waals surface area (Å²) in [4.78, 5) is 2.16. The van der Waals surface area contributed by atoms with E-state index in [0.29, 0.717) is 11.5 Å². The van der Waals surface area contributed by atoms with E-state index in [1.165, 1.54) is 0 Å². The Morgan fingerprint density at radius 2 is 2.14 bits per heavy atom. The molecule has 0 amide bonds. The van der Waals surface area contributed by atoms with Gasteiger partial charge in [0.2, 0.25) is 0 Å². The van der Waals surface area contributed by atoms with Crippen molar-refractivity contribution in [1.29, 1.82) is 5.26 Å². The molecule has 0 radical (unpaired) electrons. The topological polar surface area (TPSA) is 73.2 Å². The fraction of sp³-hybridized carbons (Fsp3) is 0.933. The van der Waals surface area contributed by atoms with Crippen molar-refractivity contribution in [1.82, 2.24) is 10.2 Å². The van der Waals surface area contributed by atoms with E-state index >= 15 is 0 Å². The minimum Gasteiger partial charge on any atom is -0.302 e. The van der Waals surface area contributed by atoms with Crippen LogP contribution in [0.3, 0.4) is 0 Å². The summed E-state index contributed by atoms with van der Waals surface area (Å²) >= 11 is 0. The van der Waals surface area contributed by atoms with Crippen LogP contribution in [-0.4, -0.2) is 56.5 Å². The Bertz CT molecular complexity index is 458. The molecule has 0 bridgehead atoms. The second-order valence-electron chi connectivity index (χ2n) is 6.37. The van der Waals surface area contributed by atoms with Gasteiger partial charge in [-0.25, -0.2) is 8.42 Å². The molecule has 2 atom stereocenters. The summed E-state index contributed by atoms with van der Waals surface area (Å²) in [6.07, 6.45) is 4.59. The number of hydrogen-bond donors (Lipinski definition) is 1. The molecule has 1 fully saturated rings. The maximum atomic E-state index is 11.5. The van der Waals surface area contributed by atoms with E-state index in [9.17, 15) is 13.7 Å². The van der Waals surface area contributed by atoms with Gasteiger partial charge >= 0.3 is 0 Å². The van der Waals surface area contributed by atoms with Crippen molar-refractivity contribution in [2.75, 3.05) is 31.6 Å². The number of nitriles is 1. The van der Waals surface area contributed by atoms with Crippen molar-refractivity contribution >= 4 is 9.84 Å². The van der Waals surface area contributed by atoms with Gasteiger partial charge in [-0.05, 0) is 59.2 Å². The van der Waals surface area contributed by atoms with Gasteiger partial charge in [0.25, 0.3) is 0 Å². The summed E-state index contributed by atoms with van der Waals surface area (Å²) in [7, 11) is -0.799. The first-order valence-corrected chi connectivity index (χ1v) is 9.71. The average molecular weight is 315 g/mol. The quantitative estimate of drug-likeness (QED) is 0.654. The van der Waals surface area contributed by atoms with Crippen molar-refractivity contribution in [2.45, 2.75) is 57.5 Å². The first kappa shape index (κ1) is 18.4. The number of nitrogens with one attached hydrogen (secondary N) is 1. The van der Waals surface area contributed by atoms with E-state index in [-0.39, 0.29) is 6.04 Å². The van der Waals surface area contributed by atoms with E-state index in [4.69, 9.17) is 0 Å². The summed E-state index contributed by atoms with van der Waals surface area (Å²) in [6, 6.07) is 2.54. The van der Waals surface area contributed by atoms with Crippen LogP contribution in [0.1, 0.15) is 46.0 Å². The van der Waals surface area contributed by atoms with Crippen LogP contribution in [-0.2, 0) is 9.84 Å². The number of sulfone groups is 1. The zero-order chi connectivity index (χ0) is 15.9. The molecule has 0 aliphatic carbocycles. The van der Waals surface area contributed by atoms with Gasteiger partial charge in [-0.3, -0.25) is 5.32 Å². The molecule has 1 saturated heterocycles. The van der Waals surface area contributed by atoms with Crippen molar-refractivity contribution in [3.8, 4) is 6.07 Å². The number of hydrogen-bond acceptors (Lipinski definition) is 5. The van der Waals surface area contributed by atoms with Gasteiger partial charge in [0, 0.05) is 6.04 Å². The fourth-order valence-electron chi connectivity index (χ4n) is 2.73. The van der Waals surface area contributed by atoms with Gasteiger partial charge in [-0.1, -0.05) is 6.92 Å². The molecular weight excluding hydrogens is 286 g/mol. The maximum absolute atomic E-state index is 11.5. The van der Waals surface area contributed by atoms with Crippen LogP contribution < -0.4 is 5.32 Å². The highest BCUT2D eigenvalue weighted by Crippen LogP contribution is 2.18. The Morgan fingerprint density at radius 1 is 1.43 bits per heavy atom. The highest BCUT2D eigenvalue weighted by molar-refractivity contribution is 7.91. The molecule has 1 rings (SSSR count). The predicted molar refractivity (Wildman–Crippen MR) is 85.9 cm³/mol. The Kier molecular flexibility index (Phi) is 7.11. The minimum absolute atomic E-state index is 0.176. The molecule has 122 valence electrons. The predicted octanol–water partition coefficient (Wildman–Crippen LogP) is 1.56. The van der Waals surface area contributed by atoms with Crippen molar-refractivity contribution in [3.05, 3.63) is 0 Å². The molecule has 1 heterocycles. The van der Waals surface area contributed by atoms with Crippen LogP contribution in [0.4, 0.5) is 0 Å². The van der Waals surface area contributed by atoms with Gasteiger partial charge in [0.05, 0.1) is 17.6 Å². The van der Waals surface area contributed by atoms with E-state index in [0.717, 1.165) is 45.2 Å². The third kappa shape index (κ3) is 6.33. The molecule has 1 N–H and O–H groups in total. The lowest BCUT2D eigenvalue weighted by molar-refractivity contribution is 0.252. The molecule has 0 spiro atoms. The summed E-state index contributed by atoms with van der Waals surface area (Å²) in [5.74, 6) is 0.632. The third-order valence-electron chi connectivity index (χ3n) is 4.28. The largest absolute Gasteiger partial charge is 0.302 e. The SMILES string of the molecule is CCCNC(C)(C#N)CCCCN(C)C1CCS(=O)(=O)C1. The van der Waals surface area contributed by atoms with Crippen molar-refractivity contribution < 1.29 is 8.42 Å². The van der Waals surface area contributed by atoms with Crippen LogP contribution in [0.15, 0.2) is 0 Å². The zero-order valence-corrected chi connectivity index (χ0v) is 14.4. The molecule has 0 aromatic heterocycles. The number of nitrogens with zero attached hydrogens (tertiary/aromatic N) is 2. The second kappa shape index (κ2) is 8.11. The zero-order valence-electron chi connectivity index (χ0n) is 13.6. The smallest absolute Gasteiger partial charge is 0.151 e. The average Bonchev–Trinajstić information content (AvgIpc) is 2.81. The molecule has 0 aromatic carbocycles. The summed E-state index contributed by atoms with van der Waals surface area (Å²) < 4.78 is 23.0. The lowest BCUT2D eigenvalue weighted by Gasteiger charge is -2.25. The first-order chi connectivity index (χ1) is 9.82. The monoisotopic (exact) mass is 315 g/mol.